The molecule has 0 atom stereocenters. The van der Waals surface area contributed by atoms with Crippen molar-refractivity contribution < 1.29 is 9.47 Å². The van der Waals surface area contributed by atoms with E-state index in [-0.39, 0.29) is 0 Å². The molecule has 1 aromatic carbocycles. The van der Waals surface area contributed by atoms with Crippen LogP contribution in [-0.4, -0.2) is 38.5 Å². The van der Waals surface area contributed by atoms with Crippen LogP contribution in [0, 0.1) is 0 Å². The Morgan fingerprint density at radius 3 is 2.06 bits per heavy atom. The second-order valence-corrected chi connectivity index (χ2v) is 5.04. The lowest BCUT2D eigenvalue weighted by molar-refractivity contribution is 0.314. The first kappa shape index (κ1) is 14.9. The number of methoxy groups -OCH3 is 2. The average molecular weight is 249 g/mol. The van der Waals surface area contributed by atoms with E-state index >= 15 is 0 Å². The monoisotopic (exact) mass is 249 g/mol. The van der Waals surface area contributed by atoms with Crippen molar-refractivity contribution in [1.82, 2.24) is 4.81 Å². The van der Waals surface area contributed by atoms with E-state index < -0.39 is 0 Å². The van der Waals surface area contributed by atoms with Gasteiger partial charge in [0.2, 0.25) is 7.41 Å². The largest absolute Gasteiger partial charge is 0.497 e. The van der Waals surface area contributed by atoms with Crippen LogP contribution in [0.5, 0.6) is 11.5 Å². The van der Waals surface area contributed by atoms with E-state index in [0.29, 0.717) is 12.1 Å². The molecule has 100 valence electrons. The topological polar surface area (TPSA) is 21.7 Å². The average Bonchev–Trinajstić information content (AvgIpc) is 2.34. The van der Waals surface area contributed by atoms with E-state index in [2.05, 4.69) is 38.6 Å². The third-order valence-electron chi connectivity index (χ3n) is 3.17. The molecule has 4 heteroatoms. The Balaban J connectivity index is 2.95. The number of benzene rings is 1. The molecule has 0 N–H and O–H groups in total. The maximum Gasteiger partial charge on any atom is 0.243 e. The van der Waals surface area contributed by atoms with E-state index in [4.69, 9.17) is 9.47 Å². The Hall–Kier alpha value is -1.16. The summed E-state index contributed by atoms with van der Waals surface area (Å²) in [7, 11) is 4.26. The van der Waals surface area contributed by atoms with Crippen molar-refractivity contribution in [2.45, 2.75) is 39.8 Å². The molecule has 0 amide bonds. The first-order valence-corrected chi connectivity index (χ1v) is 6.46. The predicted octanol–water partition coefficient (Wildman–Crippen LogP) is 1.80. The zero-order valence-electron chi connectivity index (χ0n) is 12.4. The molecule has 0 aliphatic heterocycles. The van der Waals surface area contributed by atoms with E-state index in [9.17, 15) is 0 Å². The highest BCUT2D eigenvalue weighted by atomic mass is 16.5. The summed E-state index contributed by atoms with van der Waals surface area (Å²) in [4.78, 5) is 2.43. The van der Waals surface area contributed by atoms with Crippen molar-refractivity contribution >= 4 is 12.9 Å². The second kappa shape index (κ2) is 6.69. The minimum Gasteiger partial charge on any atom is -0.497 e. The molecule has 0 aliphatic carbocycles. The molecule has 0 saturated carbocycles. The molecule has 0 saturated heterocycles. The Morgan fingerprint density at radius 1 is 1.00 bits per heavy atom. The summed E-state index contributed by atoms with van der Waals surface area (Å²) < 4.78 is 10.7. The van der Waals surface area contributed by atoms with Gasteiger partial charge in [0.15, 0.2) is 0 Å². The van der Waals surface area contributed by atoms with Crippen molar-refractivity contribution in [2.24, 2.45) is 0 Å². The van der Waals surface area contributed by atoms with Gasteiger partial charge in [0.05, 0.1) is 14.2 Å². The quantitative estimate of drug-likeness (QED) is 0.717. The van der Waals surface area contributed by atoms with Crippen molar-refractivity contribution in [3.63, 3.8) is 0 Å². The maximum atomic E-state index is 5.44. The second-order valence-electron chi connectivity index (χ2n) is 5.04. The highest BCUT2D eigenvalue weighted by Gasteiger charge is 2.17. The molecule has 0 unspecified atom stereocenters. The molecule has 0 aromatic heterocycles. The molecule has 0 fully saturated rings. The summed E-state index contributed by atoms with van der Waals surface area (Å²) in [5.74, 6) is 1.72. The van der Waals surface area contributed by atoms with Gasteiger partial charge in [-0.25, -0.2) is 0 Å². The fourth-order valence-corrected chi connectivity index (χ4v) is 2.14. The van der Waals surface area contributed by atoms with Crippen LogP contribution in [0.4, 0.5) is 0 Å². The number of ether oxygens (including phenoxy) is 2. The lowest BCUT2D eigenvalue weighted by atomic mass is 9.77. The minimum atomic E-state index is 0.511. The molecule has 0 bridgehead atoms. The number of hydrogen-bond acceptors (Lipinski definition) is 3. The zero-order valence-corrected chi connectivity index (χ0v) is 12.4. The van der Waals surface area contributed by atoms with Gasteiger partial charge in [-0.3, -0.25) is 0 Å². The summed E-state index contributed by atoms with van der Waals surface area (Å²) in [5.41, 5.74) is 1.20. The predicted molar refractivity (Wildman–Crippen MR) is 78.4 cm³/mol. The van der Waals surface area contributed by atoms with Gasteiger partial charge in [0.1, 0.15) is 11.5 Å². The van der Waals surface area contributed by atoms with Crippen LogP contribution in [-0.2, 0) is 0 Å². The number of rotatable bonds is 6. The van der Waals surface area contributed by atoms with Gasteiger partial charge >= 0.3 is 0 Å². The van der Waals surface area contributed by atoms with E-state index in [1.165, 1.54) is 5.46 Å². The Labute approximate surface area is 111 Å². The Morgan fingerprint density at radius 2 is 1.61 bits per heavy atom. The fourth-order valence-electron chi connectivity index (χ4n) is 2.14. The van der Waals surface area contributed by atoms with Gasteiger partial charge < -0.3 is 14.3 Å². The normalized spacial score (nSPS) is 11.2. The number of nitrogens with zero attached hydrogens (tertiary/aromatic N) is 1. The van der Waals surface area contributed by atoms with Crippen LogP contribution in [0.3, 0.4) is 0 Å². The Kier molecular flexibility index (Phi) is 5.54. The van der Waals surface area contributed by atoms with Crippen LogP contribution < -0.4 is 14.9 Å². The molecule has 18 heavy (non-hydrogen) atoms. The van der Waals surface area contributed by atoms with Gasteiger partial charge in [0.25, 0.3) is 0 Å². The summed E-state index contributed by atoms with van der Waals surface area (Å²) in [6.45, 7) is 8.87. The number of hydrogen-bond donors (Lipinski definition) is 0. The SMILES string of the molecule is COc1ccc(BN(C(C)C)C(C)C)c(OC)c1. The third-order valence-corrected chi connectivity index (χ3v) is 3.17. The van der Waals surface area contributed by atoms with Crippen LogP contribution in [0.15, 0.2) is 18.2 Å². The highest BCUT2D eigenvalue weighted by molar-refractivity contribution is 6.52. The molecule has 0 aliphatic rings. The Bertz CT molecular complexity index is 372. The molecular formula is C14H24BNO2. The maximum absolute atomic E-state index is 5.44. The van der Waals surface area contributed by atoms with Crippen LogP contribution in [0.1, 0.15) is 27.7 Å². The summed E-state index contributed by atoms with van der Waals surface area (Å²) >= 11 is 0. The summed E-state index contributed by atoms with van der Waals surface area (Å²) in [6, 6.07) is 7.02. The van der Waals surface area contributed by atoms with Crippen LogP contribution in [0.2, 0.25) is 0 Å². The van der Waals surface area contributed by atoms with Gasteiger partial charge in [-0.15, -0.1) is 0 Å². The minimum absolute atomic E-state index is 0.511. The highest BCUT2D eigenvalue weighted by Crippen LogP contribution is 2.17. The van der Waals surface area contributed by atoms with Gasteiger partial charge in [-0.1, -0.05) is 33.8 Å². The van der Waals surface area contributed by atoms with Gasteiger partial charge in [-0.05, 0) is 23.6 Å². The van der Waals surface area contributed by atoms with Crippen molar-refractivity contribution in [3.05, 3.63) is 18.2 Å². The molecule has 1 aromatic rings. The van der Waals surface area contributed by atoms with Crippen LogP contribution >= 0.6 is 0 Å². The van der Waals surface area contributed by atoms with Gasteiger partial charge in [0, 0.05) is 6.07 Å². The van der Waals surface area contributed by atoms with E-state index in [0.717, 1.165) is 18.9 Å². The molecule has 0 spiro atoms. The molecule has 1 rings (SSSR count). The zero-order chi connectivity index (χ0) is 13.7. The first-order valence-electron chi connectivity index (χ1n) is 6.46. The lowest BCUT2D eigenvalue weighted by Gasteiger charge is -2.30. The van der Waals surface area contributed by atoms with Crippen LogP contribution in [0.25, 0.3) is 0 Å². The van der Waals surface area contributed by atoms with Crippen molar-refractivity contribution in [3.8, 4) is 11.5 Å². The van der Waals surface area contributed by atoms with Crippen molar-refractivity contribution in [2.75, 3.05) is 14.2 Å². The van der Waals surface area contributed by atoms with Gasteiger partial charge in [-0.2, -0.15) is 0 Å². The van der Waals surface area contributed by atoms with E-state index in [1.807, 2.05) is 12.1 Å². The van der Waals surface area contributed by atoms with Crippen molar-refractivity contribution in [1.29, 1.82) is 0 Å². The molecule has 0 radical (unpaired) electrons. The molecule has 3 nitrogen and oxygen atoms in total. The smallest absolute Gasteiger partial charge is 0.243 e. The molecule has 0 heterocycles. The molecular weight excluding hydrogens is 225 g/mol. The standard InChI is InChI=1S/C14H24BNO2/c1-10(2)16(11(3)4)15-13-8-7-12(17-5)9-14(13)18-6/h7-11,15H,1-6H3. The van der Waals surface area contributed by atoms with E-state index in [1.54, 1.807) is 14.2 Å². The lowest BCUT2D eigenvalue weighted by Crippen LogP contribution is -2.45. The first-order chi connectivity index (χ1) is 8.49. The summed E-state index contributed by atoms with van der Waals surface area (Å²) in [5, 5.41) is 0. The summed E-state index contributed by atoms with van der Waals surface area (Å²) in [6.07, 6.45) is 0. The third kappa shape index (κ3) is 3.67. The fraction of sp³-hybridized carbons (Fsp3) is 0.571.